The molecule has 1 N–H and O–H groups in total. The molecule has 2 aromatic carbocycles. The minimum absolute atomic E-state index is 0.0587. The Kier molecular flexibility index (Phi) is 6.62. The second-order valence-electron chi connectivity index (χ2n) is 7.21. The Bertz CT molecular complexity index is 886. The fourth-order valence-corrected chi connectivity index (χ4v) is 2.77. The van der Waals surface area contributed by atoms with Gasteiger partial charge < -0.3 is 9.47 Å². The van der Waals surface area contributed by atoms with Crippen LogP contribution in [-0.2, 0) is 32.5 Å². The quantitative estimate of drug-likeness (QED) is 0.732. The van der Waals surface area contributed by atoms with E-state index in [2.05, 4.69) is 4.72 Å². The fraction of sp³-hybridized carbons (Fsp3) is 0.350. The molecule has 0 aliphatic heterocycles. The molecule has 27 heavy (non-hydrogen) atoms. The van der Waals surface area contributed by atoms with E-state index in [1.54, 1.807) is 18.2 Å². The molecule has 0 aromatic heterocycles. The van der Waals surface area contributed by atoms with Crippen molar-refractivity contribution in [1.29, 1.82) is 0 Å². The van der Waals surface area contributed by atoms with Crippen molar-refractivity contribution in [2.45, 2.75) is 39.3 Å². The maximum atomic E-state index is 12.1. The highest BCUT2D eigenvalue weighted by molar-refractivity contribution is 7.88. The van der Waals surface area contributed by atoms with Crippen molar-refractivity contribution in [2.24, 2.45) is 0 Å². The molecule has 6 nitrogen and oxygen atoms in total. The number of sulfonamides is 1. The first-order valence-corrected chi connectivity index (χ1v) is 10.4. The lowest BCUT2D eigenvalue weighted by Crippen LogP contribution is -2.25. The standard InChI is InChI=1S/C20H25NO5S/c1-20(2,3)26-19(22)13-15-10-11-18(25-17-8-6-5-7-9-17)16(12-15)14-21-27(4,23)24/h5-12,21H,13-14H2,1-4H3. The first-order valence-electron chi connectivity index (χ1n) is 8.53. The molecule has 0 heterocycles. The summed E-state index contributed by atoms with van der Waals surface area (Å²) < 4.78 is 36.6. The van der Waals surface area contributed by atoms with E-state index in [1.807, 2.05) is 51.1 Å². The van der Waals surface area contributed by atoms with E-state index in [-0.39, 0.29) is 18.9 Å². The Morgan fingerprint density at radius 2 is 1.74 bits per heavy atom. The van der Waals surface area contributed by atoms with E-state index >= 15 is 0 Å². The van der Waals surface area contributed by atoms with Gasteiger partial charge in [0.15, 0.2) is 0 Å². The summed E-state index contributed by atoms with van der Waals surface area (Å²) >= 11 is 0. The first kappa shape index (κ1) is 20.9. The third kappa shape index (κ3) is 7.80. The van der Waals surface area contributed by atoms with Crippen molar-refractivity contribution < 1.29 is 22.7 Å². The SMILES string of the molecule is CC(C)(C)OC(=O)Cc1ccc(Oc2ccccc2)c(CNS(C)(=O)=O)c1. The molecule has 0 atom stereocenters. The first-order chi connectivity index (χ1) is 12.5. The lowest BCUT2D eigenvalue weighted by atomic mass is 10.1. The van der Waals surface area contributed by atoms with E-state index < -0.39 is 15.6 Å². The molecular formula is C20H25NO5S. The Morgan fingerprint density at radius 3 is 2.33 bits per heavy atom. The maximum Gasteiger partial charge on any atom is 0.310 e. The lowest BCUT2D eigenvalue weighted by molar-refractivity contribution is -0.153. The predicted octanol–water partition coefficient (Wildman–Crippen LogP) is 3.41. The molecule has 0 aliphatic rings. The van der Waals surface area contributed by atoms with Gasteiger partial charge in [0, 0.05) is 12.1 Å². The van der Waals surface area contributed by atoms with Crippen molar-refractivity contribution in [3.63, 3.8) is 0 Å². The largest absolute Gasteiger partial charge is 0.460 e. The zero-order chi connectivity index (χ0) is 20.1. The molecule has 0 saturated carbocycles. The summed E-state index contributed by atoms with van der Waals surface area (Å²) in [7, 11) is -3.37. The van der Waals surface area contributed by atoms with Crippen molar-refractivity contribution in [3.8, 4) is 11.5 Å². The lowest BCUT2D eigenvalue weighted by Gasteiger charge is -2.19. The number of rotatable bonds is 7. The monoisotopic (exact) mass is 391 g/mol. The van der Waals surface area contributed by atoms with Crippen molar-refractivity contribution in [2.75, 3.05) is 6.26 Å². The molecule has 0 saturated heterocycles. The molecule has 0 aliphatic carbocycles. The number of hydrogen-bond acceptors (Lipinski definition) is 5. The van der Waals surface area contributed by atoms with Gasteiger partial charge in [-0.1, -0.05) is 30.3 Å². The second-order valence-corrected chi connectivity index (χ2v) is 9.05. The van der Waals surface area contributed by atoms with E-state index in [9.17, 15) is 13.2 Å². The van der Waals surface area contributed by atoms with Gasteiger partial charge in [-0.25, -0.2) is 13.1 Å². The number of carbonyl (C=O) groups excluding carboxylic acids is 1. The smallest absolute Gasteiger partial charge is 0.310 e. The fourth-order valence-electron chi connectivity index (χ4n) is 2.35. The summed E-state index contributed by atoms with van der Waals surface area (Å²) in [6.07, 6.45) is 1.18. The predicted molar refractivity (Wildman–Crippen MR) is 104 cm³/mol. The summed E-state index contributed by atoms with van der Waals surface area (Å²) in [6, 6.07) is 14.4. The van der Waals surface area contributed by atoms with Crippen molar-refractivity contribution in [3.05, 3.63) is 59.7 Å². The Hall–Kier alpha value is -2.38. The van der Waals surface area contributed by atoms with Gasteiger partial charge in [-0.2, -0.15) is 0 Å². The molecule has 0 fully saturated rings. The molecule has 0 bridgehead atoms. The van der Waals surface area contributed by atoms with Crippen molar-refractivity contribution >= 4 is 16.0 Å². The van der Waals surface area contributed by atoms with Crippen LogP contribution in [0.2, 0.25) is 0 Å². The molecule has 146 valence electrons. The minimum Gasteiger partial charge on any atom is -0.460 e. The molecular weight excluding hydrogens is 366 g/mol. The van der Waals surface area contributed by atoms with Crippen LogP contribution in [0, 0.1) is 0 Å². The van der Waals surface area contributed by atoms with E-state index in [4.69, 9.17) is 9.47 Å². The van der Waals surface area contributed by atoms with Gasteiger partial charge >= 0.3 is 5.97 Å². The Labute approximate surface area is 160 Å². The van der Waals surface area contributed by atoms with Crippen LogP contribution in [0.15, 0.2) is 48.5 Å². The normalized spacial score (nSPS) is 11.9. The third-order valence-electron chi connectivity index (χ3n) is 3.39. The Morgan fingerprint density at radius 1 is 1.07 bits per heavy atom. The Balaban J connectivity index is 2.24. The van der Waals surface area contributed by atoms with Crippen LogP contribution >= 0.6 is 0 Å². The van der Waals surface area contributed by atoms with Crippen LogP contribution in [0.1, 0.15) is 31.9 Å². The maximum absolute atomic E-state index is 12.1. The minimum atomic E-state index is -3.37. The van der Waals surface area contributed by atoms with Gasteiger partial charge in [-0.05, 0) is 44.5 Å². The zero-order valence-corrected chi connectivity index (χ0v) is 16.8. The van der Waals surface area contributed by atoms with E-state index in [1.165, 1.54) is 0 Å². The molecule has 0 radical (unpaired) electrons. The number of ether oxygens (including phenoxy) is 2. The number of benzene rings is 2. The van der Waals surface area contributed by atoms with Crippen LogP contribution in [-0.4, -0.2) is 26.2 Å². The summed E-state index contributed by atoms with van der Waals surface area (Å²) in [5.41, 5.74) is 0.786. The highest BCUT2D eigenvalue weighted by atomic mass is 32.2. The number of para-hydroxylation sites is 1. The zero-order valence-electron chi connectivity index (χ0n) is 16.0. The molecule has 2 rings (SSSR count). The average Bonchev–Trinajstić information content (AvgIpc) is 2.53. The topological polar surface area (TPSA) is 81.7 Å². The van der Waals surface area contributed by atoms with Gasteiger partial charge in [-0.15, -0.1) is 0 Å². The summed E-state index contributed by atoms with van der Waals surface area (Å²) in [6.45, 7) is 5.48. The molecule has 7 heteroatoms. The number of carbonyl (C=O) groups is 1. The third-order valence-corrected chi connectivity index (χ3v) is 4.06. The van der Waals surface area contributed by atoms with Gasteiger partial charge in [0.05, 0.1) is 12.7 Å². The van der Waals surface area contributed by atoms with Crippen LogP contribution < -0.4 is 9.46 Å². The van der Waals surface area contributed by atoms with Crippen LogP contribution in [0.25, 0.3) is 0 Å². The molecule has 0 amide bonds. The van der Waals surface area contributed by atoms with Gasteiger partial charge in [0.2, 0.25) is 10.0 Å². The number of nitrogens with one attached hydrogen (secondary N) is 1. The summed E-state index contributed by atoms with van der Waals surface area (Å²) in [5, 5.41) is 0. The van der Waals surface area contributed by atoms with E-state index in [0.29, 0.717) is 17.1 Å². The highest BCUT2D eigenvalue weighted by Crippen LogP contribution is 2.27. The van der Waals surface area contributed by atoms with E-state index in [0.717, 1.165) is 11.8 Å². The highest BCUT2D eigenvalue weighted by Gasteiger charge is 2.17. The molecule has 2 aromatic rings. The molecule has 0 spiro atoms. The summed E-state index contributed by atoms with van der Waals surface area (Å²) in [5.74, 6) is 0.810. The molecule has 0 unspecified atom stereocenters. The van der Waals surface area contributed by atoms with Crippen LogP contribution in [0.4, 0.5) is 0 Å². The number of hydrogen-bond donors (Lipinski definition) is 1. The second kappa shape index (κ2) is 8.54. The van der Waals surface area contributed by atoms with Crippen LogP contribution in [0.5, 0.6) is 11.5 Å². The average molecular weight is 391 g/mol. The van der Waals surface area contributed by atoms with Crippen LogP contribution in [0.3, 0.4) is 0 Å². The van der Waals surface area contributed by atoms with Gasteiger partial charge in [-0.3, -0.25) is 4.79 Å². The number of esters is 1. The summed E-state index contributed by atoms with van der Waals surface area (Å²) in [4.78, 5) is 12.1. The van der Waals surface area contributed by atoms with Crippen molar-refractivity contribution in [1.82, 2.24) is 4.72 Å². The van der Waals surface area contributed by atoms with Gasteiger partial charge in [0.1, 0.15) is 17.1 Å². The van der Waals surface area contributed by atoms with Gasteiger partial charge in [0.25, 0.3) is 0 Å².